The number of aromatic nitrogens is 6. The van der Waals surface area contributed by atoms with Gasteiger partial charge in [-0.25, -0.2) is 19.9 Å². The van der Waals surface area contributed by atoms with E-state index < -0.39 is 0 Å². The summed E-state index contributed by atoms with van der Waals surface area (Å²) in [5, 5.41) is 4.54. The van der Waals surface area contributed by atoms with E-state index in [0.717, 1.165) is 122 Å². The molecule has 4 heterocycles. The second-order valence-electron chi connectivity index (χ2n) is 16.2. The molecule has 6 heteroatoms. The van der Waals surface area contributed by atoms with Crippen LogP contribution in [-0.2, 0) is 0 Å². The number of hydrogen-bond donors (Lipinski definition) is 0. The van der Waals surface area contributed by atoms with E-state index in [1.807, 2.05) is 48.5 Å². The highest BCUT2D eigenvalue weighted by Gasteiger charge is 2.25. The molecule has 4 aromatic heterocycles. The third-order valence-electron chi connectivity index (χ3n) is 12.5. The molecule has 298 valence electrons. The van der Waals surface area contributed by atoms with Crippen LogP contribution < -0.4 is 0 Å². The van der Waals surface area contributed by atoms with E-state index in [0.29, 0.717) is 0 Å². The second-order valence-corrected chi connectivity index (χ2v) is 16.2. The Morgan fingerprint density at radius 1 is 0.250 bits per heavy atom. The number of hydrogen-bond acceptors (Lipinski definition) is 4. The summed E-state index contributed by atoms with van der Waals surface area (Å²) in [6.07, 6.45) is 0. The van der Waals surface area contributed by atoms with Crippen molar-refractivity contribution in [3.8, 4) is 56.4 Å². The van der Waals surface area contributed by atoms with Crippen LogP contribution in [0.15, 0.2) is 218 Å². The third-order valence-corrected chi connectivity index (χ3v) is 12.5. The van der Waals surface area contributed by atoms with Gasteiger partial charge in [-0.1, -0.05) is 158 Å². The number of para-hydroxylation sites is 6. The number of fused-ring (bicyclic) bond motifs is 9. The lowest BCUT2D eigenvalue weighted by molar-refractivity contribution is 1.07. The molecule has 13 rings (SSSR count). The van der Waals surface area contributed by atoms with Crippen LogP contribution in [0, 0.1) is 0 Å². The first-order valence-electron chi connectivity index (χ1n) is 21.6. The molecule has 0 atom stereocenters. The van der Waals surface area contributed by atoms with E-state index >= 15 is 0 Å². The molecule has 0 spiro atoms. The minimum Gasteiger partial charge on any atom is -0.292 e. The van der Waals surface area contributed by atoms with Gasteiger partial charge in [-0.2, -0.15) is 0 Å². The fraction of sp³-hybridized carbons (Fsp3) is 0. The molecule has 0 N–H and O–H groups in total. The highest BCUT2D eigenvalue weighted by molar-refractivity contribution is 6.29. The van der Waals surface area contributed by atoms with Crippen molar-refractivity contribution in [1.29, 1.82) is 0 Å². The standard InChI is InChI=1S/C58H36N6/c1-3-17-37(18-4-1)39-21-15-23-41(35-39)55-57(61-47-29-11-9-27-45(47)59-55)63-49-31-13-7-25-43(49)53-51(63)33-34-52-54(53)44-26-8-14-32-50(44)64(52)58-56(60-46-28-10-12-30-48(46)62-58)42-24-16-22-40(36-42)38-19-5-2-6-20-38/h1-36H. The molecule has 0 saturated heterocycles. The molecule has 0 bridgehead atoms. The Hall–Kier alpha value is -8.74. The average molecular weight is 817 g/mol. The molecule has 0 unspecified atom stereocenters. The topological polar surface area (TPSA) is 61.4 Å². The summed E-state index contributed by atoms with van der Waals surface area (Å²) in [6.45, 7) is 0. The fourth-order valence-corrected chi connectivity index (χ4v) is 9.61. The highest BCUT2D eigenvalue weighted by Crippen LogP contribution is 2.44. The largest absolute Gasteiger partial charge is 0.292 e. The van der Waals surface area contributed by atoms with Crippen molar-refractivity contribution >= 4 is 65.7 Å². The quantitative estimate of drug-likeness (QED) is 0.168. The zero-order chi connectivity index (χ0) is 42.1. The summed E-state index contributed by atoms with van der Waals surface area (Å²) in [5.74, 6) is 1.55. The first-order valence-corrected chi connectivity index (χ1v) is 21.6. The maximum atomic E-state index is 5.47. The maximum absolute atomic E-state index is 5.47. The van der Waals surface area contributed by atoms with E-state index in [9.17, 15) is 0 Å². The molecule has 64 heavy (non-hydrogen) atoms. The van der Waals surface area contributed by atoms with Crippen molar-refractivity contribution < 1.29 is 0 Å². The zero-order valence-corrected chi connectivity index (χ0v) is 34.5. The van der Waals surface area contributed by atoms with Crippen molar-refractivity contribution in [3.05, 3.63) is 218 Å². The molecule has 0 saturated carbocycles. The summed E-state index contributed by atoms with van der Waals surface area (Å²) in [4.78, 5) is 21.7. The van der Waals surface area contributed by atoms with Crippen LogP contribution in [0.4, 0.5) is 0 Å². The van der Waals surface area contributed by atoms with E-state index in [-0.39, 0.29) is 0 Å². The Bertz CT molecular complexity index is 3700. The summed E-state index contributed by atoms with van der Waals surface area (Å²) >= 11 is 0. The van der Waals surface area contributed by atoms with Crippen LogP contribution in [-0.4, -0.2) is 29.1 Å². The predicted octanol–water partition coefficient (Wildman–Crippen LogP) is 14.4. The van der Waals surface area contributed by atoms with E-state index in [4.69, 9.17) is 19.9 Å². The Kier molecular flexibility index (Phi) is 8.11. The van der Waals surface area contributed by atoms with Gasteiger partial charge in [-0.15, -0.1) is 0 Å². The molecule has 0 amide bonds. The number of rotatable bonds is 6. The molecule has 9 aromatic carbocycles. The van der Waals surface area contributed by atoms with Gasteiger partial charge in [0.2, 0.25) is 0 Å². The van der Waals surface area contributed by atoms with Crippen LogP contribution >= 0.6 is 0 Å². The monoisotopic (exact) mass is 816 g/mol. The molecule has 6 nitrogen and oxygen atoms in total. The average Bonchev–Trinajstić information content (AvgIpc) is 3.89. The molecule has 0 fully saturated rings. The first kappa shape index (κ1) is 36.0. The van der Waals surface area contributed by atoms with Gasteiger partial charge in [0.15, 0.2) is 11.6 Å². The normalized spacial score (nSPS) is 11.8. The third kappa shape index (κ3) is 5.66. The van der Waals surface area contributed by atoms with Crippen LogP contribution in [0.5, 0.6) is 0 Å². The van der Waals surface area contributed by atoms with Crippen molar-refractivity contribution in [2.75, 3.05) is 0 Å². The van der Waals surface area contributed by atoms with Gasteiger partial charge >= 0.3 is 0 Å². The van der Waals surface area contributed by atoms with Crippen LogP contribution in [0.1, 0.15) is 0 Å². The van der Waals surface area contributed by atoms with Crippen LogP contribution in [0.25, 0.3) is 122 Å². The second kappa shape index (κ2) is 14.4. The molecule has 0 aliphatic heterocycles. The van der Waals surface area contributed by atoms with E-state index in [1.165, 1.54) is 0 Å². The van der Waals surface area contributed by atoms with E-state index in [1.54, 1.807) is 0 Å². The Balaban J connectivity index is 1.11. The van der Waals surface area contributed by atoms with Crippen molar-refractivity contribution in [2.24, 2.45) is 0 Å². The molecule has 13 aromatic rings. The predicted molar refractivity (Wildman–Crippen MR) is 263 cm³/mol. The Labute approximate surface area is 368 Å². The summed E-state index contributed by atoms with van der Waals surface area (Å²) < 4.78 is 4.63. The lowest BCUT2D eigenvalue weighted by Crippen LogP contribution is -2.04. The highest BCUT2D eigenvalue weighted by atomic mass is 15.1. The fourth-order valence-electron chi connectivity index (χ4n) is 9.61. The van der Waals surface area contributed by atoms with Crippen LogP contribution in [0.2, 0.25) is 0 Å². The summed E-state index contributed by atoms with van der Waals surface area (Å²) in [7, 11) is 0. The lowest BCUT2D eigenvalue weighted by atomic mass is 10.0. The molecule has 0 radical (unpaired) electrons. The molecular formula is C58H36N6. The Morgan fingerprint density at radius 3 is 1.03 bits per heavy atom. The van der Waals surface area contributed by atoms with E-state index in [2.05, 4.69) is 179 Å². The first-order chi connectivity index (χ1) is 31.7. The van der Waals surface area contributed by atoms with Crippen molar-refractivity contribution in [2.45, 2.75) is 0 Å². The molecular weight excluding hydrogens is 781 g/mol. The summed E-state index contributed by atoms with van der Waals surface area (Å²) in [6, 6.07) is 76.5. The smallest absolute Gasteiger partial charge is 0.165 e. The van der Waals surface area contributed by atoms with Gasteiger partial charge in [-0.3, -0.25) is 9.13 Å². The van der Waals surface area contributed by atoms with Gasteiger partial charge in [-0.05, 0) is 82.9 Å². The minimum absolute atomic E-state index is 0.777. The number of benzene rings is 9. The number of nitrogens with zero attached hydrogens (tertiary/aromatic N) is 6. The minimum atomic E-state index is 0.777. The van der Waals surface area contributed by atoms with Gasteiger partial charge in [0.25, 0.3) is 0 Å². The van der Waals surface area contributed by atoms with Gasteiger partial charge in [0, 0.05) is 32.7 Å². The maximum Gasteiger partial charge on any atom is 0.165 e. The van der Waals surface area contributed by atoms with Crippen molar-refractivity contribution in [1.82, 2.24) is 29.1 Å². The van der Waals surface area contributed by atoms with Crippen molar-refractivity contribution in [3.63, 3.8) is 0 Å². The van der Waals surface area contributed by atoms with Crippen LogP contribution in [0.3, 0.4) is 0 Å². The summed E-state index contributed by atoms with van der Waals surface area (Å²) in [5.41, 5.74) is 15.7. The van der Waals surface area contributed by atoms with Gasteiger partial charge in [0.1, 0.15) is 11.4 Å². The molecule has 0 aliphatic carbocycles. The lowest BCUT2D eigenvalue weighted by Gasteiger charge is -2.15. The van der Waals surface area contributed by atoms with Gasteiger partial charge in [0.05, 0.1) is 44.1 Å². The Morgan fingerprint density at radius 2 is 0.594 bits per heavy atom. The van der Waals surface area contributed by atoms with Gasteiger partial charge < -0.3 is 0 Å². The molecule has 0 aliphatic rings. The zero-order valence-electron chi connectivity index (χ0n) is 34.5. The SMILES string of the molecule is c1ccc(-c2cccc(-c3nc4ccccc4nc3-n3c4ccccc4c4c5c6ccccc6n(-c6nc7ccccc7nc6-c6cccc(-c7ccccc7)c6)c5ccc43)c2)cc1.